The van der Waals surface area contributed by atoms with Crippen LogP contribution in [0.1, 0.15) is 85.3 Å². The van der Waals surface area contributed by atoms with Gasteiger partial charge in [-0.15, -0.1) is 0 Å². The third-order valence-corrected chi connectivity index (χ3v) is 12.1. The molecule has 1 aliphatic rings. The van der Waals surface area contributed by atoms with E-state index >= 15 is 0 Å². The molecule has 14 nitrogen and oxygen atoms in total. The zero-order valence-electron chi connectivity index (χ0n) is 37.7. The number of ether oxygens (including phenoxy) is 2. The number of methoxy groups -OCH3 is 2. The molecule has 1 unspecified atom stereocenters. The second-order valence-corrected chi connectivity index (χ2v) is 17.3. The fraction of sp³-hybridized carbons (Fsp3) is 0.630. The van der Waals surface area contributed by atoms with Gasteiger partial charge in [0.25, 0.3) is 0 Å². The molecule has 0 aromatic heterocycles. The van der Waals surface area contributed by atoms with Crippen LogP contribution in [0.25, 0.3) is 0 Å². The largest absolute Gasteiger partial charge is 0.480 e. The number of nitrogens with two attached hydrogens (primary N) is 1. The van der Waals surface area contributed by atoms with Gasteiger partial charge in [0.05, 0.1) is 42.7 Å². The van der Waals surface area contributed by atoms with Crippen LogP contribution < -0.4 is 16.4 Å². The molecule has 60 heavy (non-hydrogen) atoms. The topological polar surface area (TPSA) is 184 Å². The summed E-state index contributed by atoms with van der Waals surface area (Å²) < 4.78 is 11.9. The van der Waals surface area contributed by atoms with Crippen molar-refractivity contribution >= 4 is 35.3 Å². The van der Waals surface area contributed by atoms with E-state index in [2.05, 4.69) is 10.6 Å². The van der Waals surface area contributed by atoms with Crippen LogP contribution in [0.15, 0.2) is 54.6 Å². The van der Waals surface area contributed by atoms with Gasteiger partial charge in [-0.25, -0.2) is 4.79 Å². The molecule has 0 aliphatic carbocycles. The monoisotopic (exact) mass is 837 g/mol. The molecule has 1 fully saturated rings. The first-order chi connectivity index (χ1) is 28.4. The molecule has 0 saturated carbocycles. The number of carbonyl (C=O) groups is 5. The maximum atomic E-state index is 14.5. The number of hydrogen-bond acceptors (Lipinski definition) is 9. The van der Waals surface area contributed by atoms with Crippen LogP contribution in [0.4, 0.5) is 5.69 Å². The van der Waals surface area contributed by atoms with Crippen LogP contribution in [-0.4, -0.2) is 127 Å². The summed E-state index contributed by atoms with van der Waals surface area (Å²) in [5.74, 6) is -3.48. The summed E-state index contributed by atoms with van der Waals surface area (Å²) in [6, 6.07) is 13.2. The Morgan fingerprint density at radius 2 is 1.53 bits per heavy atom. The lowest BCUT2D eigenvalue weighted by Gasteiger charge is -2.41. The molecule has 0 spiro atoms. The Hall–Kier alpha value is -4.53. The van der Waals surface area contributed by atoms with Crippen molar-refractivity contribution < 1.29 is 38.6 Å². The predicted molar refractivity (Wildman–Crippen MR) is 234 cm³/mol. The first-order valence-corrected chi connectivity index (χ1v) is 21.4. The number of nitrogens with one attached hydrogen (secondary N) is 2. The van der Waals surface area contributed by atoms with Gasteiger partial charge >= 0.3 is 5.97 Å². The lowest BCUT2D eigenvalue weighted by atomic mass is 9.89. The van der Waals surface area contributed by atoms with Gasteiger partial charge in [0.1, 0.15) is 12.1 Å². The molecule has 9 atom stereocenters. The maximum Gasteiger partial charge on any atom is 0.326 e. The number of nitrogens with zero attached hydrogens (tertiary/aromatic N) is 3. The van der Waals surface area contributed by atoms with Crippen molar-refractivity contribution in [2.75, 3.05) is 40.6 Å². The maximum absolute atomic E-state index is 14.5. The molecule has 0 bridgehead atoms. The third kappa shape index (κ3) is 13.2. The van der Waals surface area contributed by atoms with Crippen LogP contribution in [0.3, 0.4) is 0 Å². The number of amides is 4. The average Bonchev–Trinajstić information content (AvgIpc) is 3.69. The van der Waals surface area contributed by atoms with Gasteiger partial charge < -0.3 is 40.7 Å². The summed E-state index contributed by atoms with van der Waals surface area (Å²) in [6.07, 6.45) is 0.703. The number of rotatable bonds is 23. The van der Waals surface area contributed by atoms with Gasteiger partial charge in [-0.3, -0.25) is 24.1 Å². The molecule has 1 aliphatic heterocycles. The number of carboxylic acid groups (broad SMARTS) is 1. The summed E-state index contributed by atoms with van der Waals surface area (Å²) in [7, 11) is 6.64. The second-order valence-electron chi connectivity index (χ2n) is 17.3. The number of carbonyl (C=O) groups excluding carboxylic acids is 4. The Bertz CT molecular complexity index is 1710. The number of nitrogen functional groups attached to an aromatic ring is 1. The average molecular weight is 837 g/mol. The Kier molecular flexibility index (Phi) is 19.5. The second kappa shape index (κ2) is 23.5. The molecular formula is C46H72N6O8. The standard InChI is InChI=1S/C46H72N6O8/c1-12-30(6)41(51(9)45(56)39(28(2)3)49-44(55)40(29(4)5)50(8)27-33-20-16-21-34(47)24-33)37(59-10)26-38(53)52-23-17-22-36(52)42(60-11)31(7)43(54)48-35(46(57)58)25-32-18-14-13-15-19-32/h13-16,18-21,24,28-31,35-37,39-42H,12,17,22-23,25-27,47H2,1-11H3,(H,48,54)(H,49,55)(H,57,58)/t30-,31+,35-,36-,37+,39-,40-,41?,42+/m0/s1. The van der Waals surface area contributed by atoms with Crippen molar-refractivity contribution in [3.63, 3.8) is 0 Å². The summed E-state index contributed by atoms with van der Waals surface area (Å²) >= 11 is 0. The summed E-state index contributed by atoms with van der Waals surface area (Å²) in [5.41, 5.74) is 8.42. The Morgan fingerprint density at radius 1 is 0.883 bits per heavy atom. The van der Waals surface area contributed by atoms with Crippen LogP contribution >= 0.6 is 0 Å². The van der Waals surface area contributed by atoms with Crippen molar-refractivity contribution in [1.29, 1.82) is 0 Å². The molecular weight excluding hydrogens is 765 g/mol. The van der Waals surface area contributed by atoms with Crippen LogP contribution in [0.5, 0.6) is 0 Å². The number of anilines is 1. The van der Waals surface area contributed by atoms with E-state index < -0.39 is 60.2 Å². The predicted octanol–water partition coefficient (Wildman–Crippen LogP) is 4.60. The normalized spacial score (nSPS) is 18.3. The smallest absolute Gasteiger partial charge is 0.326 e. The molecule has 14 heteroatoms. The lowest BCUT2D eigenvalue weighted by molar-refractivity contribution is -0.148. The van der Waals surface area contributed by atoms with Gasteiger partial charge in [-0.05, 0) is 60.9 Å². The molecule has 2 aromatic carbocycles. The SMILES string of the molecule is CC[C@H](C)C([C@@H](CC(=O)N1CCC[C@H]1[C@H](OC)[C@@H](C)C(=O)N[C@@H](Cc1ccccc1)C(=O)O)OC)N(C)C(=O)[C@@H](NC(=O)[C@H](C(C)C)N(C)Cc1cccc(N)c1)C(C)C. The third-order valence-electron chi connectivity index (χ3n) is 12.1. The number of hydrogen-bond donors (Lipinski definition) is 4. The summed E-state index contributed by atoms with van der Waals surface area (Å²) in [6.45, 7) is 14.5. The quantitative estimate of drug-likeness (QED) is 0.116. The van der Waals surface area contributed by atoms with E-state index in [-0.39, 0.29) is 48.3 Å². The van der Waals surface area contributed by atoms with E-state index in [0.29, 0.717) is 38.0 Å². The van der Waals surface area contributed by atoms with Gasteiger partial charge in [-0.2, -0.15) is 0 Å². The Balaban J connectivity index is 1.78. The number of likely N-dealkylation sites (tertiary alicyclic amines) is 1. The van der Waals surface area contributed by atoms with Crippen LogP contribution in [0.2, 0.25) is 0 Å². The van der Waals surface area contributed by atoms with Gasteiger partial charge in [-0.1, -0.05) is 97.4 Å². The van der Waals surface area contributed by atoms with Crippen LogP contribution in [0, 0.1) is 23.7 Å². The highest BCUT2D eigenvalue weighted by Gasteiger charge is 2.43. The highest BCUT2D eigenvalue weighted by molar-refractivity contribution is 5.90. The number of likely N-dealkylation sites (N-methyl/N-ethyl adjacent to an activating group) is 2. The highest BCUT2D eigenvalue weighted by atomic mass is 16.5. The van der Waals surface area contributed by atoms with E-state index in [1.165, 1.54) is 14.2 Å². The minimum absolute atomic E-state index is 0.0300. The van der Waals surface area contributed by atoms with E-state index in [1.54, 1.807) is 23.8 Å². The van der Waals surface area contributed by atoms with Gasteiger partial charge in [0.2, 0.25) is 23.6 Å². The summed E-state index contributed by atoms with van der Waals surface area (Å²) in [4.78, 5) is 73.9. The first-order valence-electron chi connectivity index (χ1n) is 21.4. The van der Waals surface area contributed by atoms with Crippen molar-refractivity contribution in [2.24, 2.45) is 23.7 Å². The molecule has 5 N–H and O–H groups in total. The Labute approximate surface area is 357 Å². The van der Waals surface area contributed by atoms with Crippen molar-refractivity contribution in [3.05, 3.63) is 65.7 Å². The molecule has 3 rings (SSSR count). The van der Waals surface area contributed by atoms with Crippen molar-refractivity contribution in [1.82, 2.24) is 25.3 Å². The molecule has 0 radical (unpaired) electrons. The number of benzene rings is 2. The highest BCUT2D eigenvalue weighted by Crippen LogP contribution is 2.30. The molecule has 1 heterocycles. The number of aliphatic carboxylic acids is 1. The van der Waals surface area contributed by atoms with Gasteiger partial charge in [0.15, 0.2) is 0 Å². The van der Waals surface area contributed by atoms with Crippen molar-refractivity contribution in [3.8, 4) is 0 Å². The van der Waals surface area contributed by atoms with E-state index in [9.17, 15) is 29.1 Å². The van der Waals surface area contributed by atoms with E-state index in [0.717, 1.165) is 11.1 Å². The zero-order valence-corrected chi connectivity index (χ0v) is 37.7. The zero-order chi connectivity index (χ0) is 44.8. The van der Waals surface area contributed by atoms with Crippen LogP contribution in [-0.2, 0) is 46.4 Å². The fourth-order valence-electron chi connectivity index (χ4n) is 8.72. The first kappa shape index (κ1) is 49.8. The number of carboxylic acids is 1. The summed E-state index contributed by atoms with van der Waals surface area (Å²) in [5, 5.41) is 15.7. The van der Waals surface area contributed by atoms with Crippen molar-refractivity contribution in [2.45, 2.75) is 130 Å². The fourth-order valence-corrected chi connectivity index (χ4v) is 8.72. The molecule has 334 valence electrons. The molecule has 1 saturated heterocycles. The minimum atomic E-state index is -1.14. The minimum Gasteiger partial charge on any atom is -0.480 e. The van der Waals surface area contributed by atoms with E-state index in [1.807, 2.05) is 108 Å². The van der Waals surface area contributed by atoms with Gasteiger partial charge in [0, 0.05) is 46.5 Å². The Morgan fingerprint density at radius 3 is 2.08 bits per heavy atom. The molecule has 2 aromatic rings. The van der Waals surface area contributed by atoms with E-state index in [4.69, 9.17) is 15.2 Å². The lowest BCUT2D eigenvalue weighted by Crippen LogP contribution is -2.60. The molecule has 4 amide bonds.